The van der Waals surface area contributed by atoms with Crippen molar-refractivity contribution in [1.29, 1.82) is 0 Å². The predicted octanol–water partition coefficient (Wildman–Crippen LogP) is 2.32. The highest BCUT2D eigenvalue weighted by Gasteiger charge is 2.34. The summed E-state index contributed by atoms with van der Waals surface area (Å²) in [6, 6.07) is 0. The monoisotopic (exact) mass is 336 g/mol. The first kappa shape index (κ1) is 17.2. The van der Waals surface area contributed by atoms with Gasteiger partial charge in [-0.3, -0.25) is 14.4 Å². The van der Waals surface area contributed by atoms with E-state index in [9.17, 15) is 19.5 Å². The number of aliphatic carboxylic acids is 1. The van der Waals surface area contributed by atoms with E-state index in [0.717, 1.165) is 10.4 Å². The Morgan fingerprint density at radius 2 is 1.91 bits per heavy atom. The minimum Gasteiger partial charge on any atom is -0.481 e. The molecule has 0 saturated carbocycles. The molecule has 0 fully saturated rings. The number of carbonyl (C=O) groups excluding carboxylic acids is 2. The molecule has 0 aromatic carbocycles. The van der Waals surface area contributed by atoms with Crippen LogP contribution in [0, 0.1) is 18.8 Å². The zero-order valence-corrected chi connectivity index (χ0v) is 13.9. The summed E-state index contributed by atoms with van der Waals surface area (Å²) >= 11 is 1.30. The number of nitrogens with two attached hydrogens (primary N) is 1. The number of anilines is 1. The van der Waals surface area contributed by atoms with Crippen molar-refractivity contribution in [3.8, 4) is 0 Å². The van der Waals surface area contributed by atoms with E-state index in [2.05, 4.69) is 5.32 Å². The molecular formula is C16H20N2O4S. The molecule has 0 radical (unpaired) electrons. The van der Waals surface area contributed by atoms with Gasteiger partial charge in [-0.1, -0.05) is 19.1 Å². The highest BCUT2D eigenvalue weighted by Crippen LogP contribution is 2.35. The quantitative estimate of drug-likeness (QED) is 0.717. The third-order valence-electron chi connectivity index (χ3n) is 4.13. The topological polar surface area (TPSA) is 109 Å². The van der Waals surface area contributed by atoms with E-state index in [0.29, 0.717) is 29.8 Å². The van der Waals surface area contributed by atoms with Crippen LogP contribution in [0.25, 0.3) is 0 Å². The Morgan fingerprint density at radius 1 is 1.30 bits per heavy atom. The Bertz CT molecular complexity index is 678. The van der Waals surface area contributed by atoms with E-state index in [1.165, 1.54) is 11.3 Å². The number of nitrogens with one attached hydrogen (secondary N) is 1. The van der Waals surface area contributed by atoms with E-state index in [1.54, 1.807) is 6.08 Å². The van der Waals surface area contributed by atoms with Gasteiger partial charge in [-0.2, -0.15) is 0 Å². The zero-order valence-electron chi connectivity index (χ0n) is 13.1. The number of hydrogen-bond acceptors (Lipinski definition) is 4. The van der Waals surface area contributed by atoms with Gasteiger partial charge in [-0.15, -0.1) is 11.3 Å². The fraction of sp³-hybridized carbons (Fsp3) is 0.438. The molecule has 0 aliphatic heterocycles. The first-order chi connectivity index (χ1) is 10.9. The predicted molar refractivity (Wildman–Crippen MR) is 88.6 cm³/mol. The number of carboxylic acids is 1. The molecule has 2 rings (SSSR count). The lowest BCUT2D eigenvalue weighted by molar-refractivity contribution is -0.146. The van der Waals surface area contributed by atoms with E-state index >= 15 is 0 Å². The molecule has 1 aromatic heterocycles. The molecular weight excluding hydrogens is 316 g/mol. The highest BCUT2D eigenvalue weighted by atomic mass is 32.1. The van der Waals surface area contributed by atoms with Crippen LogP contribution in [0.3, 0.4) is 0 Å². The third kappa shape index (κ3) is 3.44. The summed E-state index contributed by atoms with van der Waals surface area (Å²) in [5, 5.41) is 12.4. The van der Waals surface area contributed by atoms with Crippen LogP contribution in [0.5, 0.6) is 0 Å². The lowest BCUT2D eigenvalue weighted by Gasteiger charge is -2.24. The summed E-state index contributed by atoms with van der Waals surface area (Å²) in [6.45, 7) is 3.79. The molecule has 0 saturated heterocycles. The molecule has 6 nitrogen and oxygen atoms in total. The van der Waals surface area contributed by atoms with Crippen LogP contribution in [0.15, 0.2) is 12.2 Å². The average molecular weight is 336 g/mol. The maximum Gasteiger partial charge on any atom is 0.307 e. The third-order valence-corrected chi connectivity index (χ3v) is 5.19. The van der Waals surface area contributed by atoms with Gasteiger partial charge in [0.15, 0.2) is 0 Å². The Kier molecular flexibility index (Phi) is 5.20. The smallest absolute Gasteiger partial charge is 0.307 e. The minimum atomic E-state index is -0.985. The molecule has 2 atom stereocenters. The molecule has 0 spiro atoms. The van der Waals surface area contributed by atoms with Crippen molar-refractivity contribution >= 4 is 34.1 Å². The maximum absolute atomic E-state index is 12.5. The van der Waals surface area contributed by atoms with Gasteiger partial charge in [-0.05, 0) is 31.7 Å². The van der Waals surface area contributed by atoms with E-state index in [1.807, 2.05) is 19.9 Å². The number of primary amides is 1. The van der Waals surface area contributed by atoms with Crippen molar-refractivity contribution in [2.24, 2.45) is 17.6 Å². The summed E-state index contributed by atoms with van der Waals surface area (Å²) in [4.78, 5) is 36.5. The van der Waals surface area contributed by atoms with Crippen molar-refractivity contribution in [3.05, 3.63) is 28.2 Å². The number of hydrogen-bond donors (Lipinski definition) is 3. The molecule has 1 aromatic rings. The van der Waals surface area contributed by atoms with Crippen LogP contribution in [0.4, 0.5) is 5.00 Å². The zero-order chi connectivity index (χ0) is 17.1. The fourth-order valence-electron chi connectivity index (χ4n) is 2.93. The molecule has 0 bridgehead atoms. The maximum atomic E-state index is 12.5. The molecule has 2 amide bonds. The second-order valence-corrected chi connectivity index (χ2v) is 6.77. The van der Waals surface area contributed by atoms with Crippen LogP contribution in [-0.2, 0) is 16.0 Å². The number of amides is 2. The van der Waals surface area contributed by atoms with Gasteiger partial charge in [0.2, 0.25) is 5.91 Å². The van der Waals surface area contributed by atoms with E-state index in [-0.39, 0.29) is 5.91 Å². The van der Waals surface area contributed by atoms with Crippen LogP contribution in [0.2, 0.25) is 0 Å². The van der Waals surface area contributed by atoms with Crippen molar-refractivity contribution in [2.75, 3.05) is 5.32 Å². The molecule has 124 valence electrons. The van der Waals surface area contributed by atoms with E-state index in [4.69, 9.17) is 5.73 Å². The Labute approximate surface area is 138 Å². The van der Waals surface area contributed by atoms with Gasteiger partial charge in [0.05, 0.1) is 17.4 Å². The normalized spacial score (nSPS) is 20.3. The Morgan fingerprint density at radius 3 is 2.43 bits per heavy atom. The number of rotatable bonds is 5. The lowest BCUT2D eigenvalue weighted by Crippen LogP contribution is -2.35. The Balaban J connectivity index is 2.28. The summed E-state index contributed by atoms with van der Waals surface area (Å²) < 4.78 is 0. The molecule has 23 heavy (non-hydrogen) atoms. The number of thiophene rings is 1. The molecule has 1 aliphatic rings. The molecule has 4 N–H and O–H groups in total. The SMILES string of the molecule is CCc1c(C)sc(NC(=O)C2CC=CCC2C(=O)O)c1C(N)=O. The van der Waals surface area contributed by atoms with Crippen molar-refractivity contribution < 1.29 is 19.5 Å². The first-order valence-electron chi connectivity index (χ1n) is 7.47. The van der Waals surface area contributed by atoms with Crippen LogP contribution >= 0.6 is 11.3 Å². The number of carbonyl (C=O) groups is 3. The van der Waals surface area contributed by atoms with Gasteiger partial charge >= 0.3 is 5.97 Å². The lowest BCUT2D eigenvalue weighted by atomic mass is 9.82. The van der Waals surface area contributed by atoms with Crippen LogP contribution in [-0.4, -0.2) is 22.9 Å². The summed E-state index contributed by atoms with van der Waals surface area (Å²) in [6.07, 6.45) is 4.94. The summed E-state index contributed by atoms with van der Waals surface area (Å²) in [7, 11) is 0. The Hall–Kier alpha value is -2.15. The standard InChI is InChI=1S/C16H20N2O4S/c1-3-9-8(2)23-15(12(9)13(17)19)18-14(20)10-6-4-5-7-11(10)16(21)22/h4-5,10-11H,3,6-7H2,1-2H3,(H2,17,19)(H,18,20)(H,21,22). The molecule has 7 heteroatoms. The fourth-order valence-corrected chi connectivity index (χ4v) is 4.09. The largest absolute Gasteiger partial charge is 0.481 e. The van der Waals surface area contributed by atoms with Crippen molar-refractivity contribution in [3.63, 3.8) is 0 Å². The average Bonchev–Trinajstić information content (AvgIpc) is 2.82. The highest BCUT2D eigenvalue weighted by molar-refractivity contribution is 7.16. The number of carboxylic acid groups (broad SMARTS) is 1. The second kappa shape index (κ2) is 6.95. The van der Waals surface area contributed by atoms with Crippen LogP contribution < -0.4 is 11.1 Å². The van der Waals surface area contributed by atoms with Gasteiger partial charge < -0.3 is 16.2 Å². The van der Waals surface area contributed by atoms with Gasteiger partial charge in [0.1, 0.15) is 5.00 Å². The first-order valence-corrected chi connectivity index (χ1v) is 8.29. The molecule has 1 heterocycles. The van der Waals surface area contributed by atoms with Crippen molar-refractivity contribution in [2.45, 2.75) is 33.1 Å². The number of aryl methyl sites for hydroxylation is 1. The molecule has 2 unspecified atom stereocenters. The van der Waals surface area contributed by atoms with Crippen LogP contribution in [0.1, 0.15) is 40.6 Å². The van der Waals surface area contributed by atoms with E-state index < -0.39 is 23.7 Å². The second-order valence-electron chi connectivity index (χ2n) is 5.54. The van der Waals surface area contributed by atoms with Gasteiger partial charge in [0.25, 0.3) is 5.91 Å². The summed E-state index contributed by atoms with van der Waals surface area (Å²) in [5.74, 6) is -3.34. The minimum absolute atomic E-state index is 0.333. The number of allylic oxidation sites excluding steroid dienone is 2. The summed E-state index contributed by atoms with van der Waals surface area (Å²) in [5.41, 5.74) is 6.61. The van der Waals surface area contributed by atoms with Crippen molar-refractivity contribution in [1.82, 2.24) is 0 Å². The molecule has 1 aliphatic carbocycles. The van der Waals surface area contributed by atoms with Gasteiger partial charge in [0, 0.05) is 4.88 Å². The van der Waals surface area contributed by atoms with Gasteiger partial charge in [-0.25, -0.2) is 0 Å².